The smallest absolute Gasteiger partial charge is 0.153 e. The van der Waals surface area contributed by atoms with Gasteiger partial charge in [0, 0.05) is 10.7 Å². The van der Waals surface area contributed by atoms with Gasteiger partial charge >= 0.3 is 0 Å². The van der Waals surface area contributed by atoms with Gasteiger partial charge in [-0.25, -0.2) is 4.68 Å². The van der Waals surface area contributed by atoms with E-state index in [9.17, 15) is 4.79 Å². The van der Waals surface area contributed by atoms with Crippen LogP contribution in [-0.4, -0.2) is 16.1 Å². The lowest BCUT2D eigenvalue weighted by Gasteiger charge is -2.02. The number of halogens is 2. The summed E-state index contributed by atoms with van der Waals surface area (Å²) >= 11 is 9.25. The van der Waals surface area contributed by atoms with E-state index in [-0.39, 0.29) is 0 Å². The second-order valence-electron chi connectivity index (χ2n) is 2.93. The van der Waals surface area contributed by atoms with Crippen molar-refractivity contribution in [3.63, 3.8) is 0 Å². The maximum Gasteiger partial charge on any atom is 0.153 e. The monoisotopic (exact) mass is 284 g/mol. The molecular formula is C10H6BrClN2O. The van der Waals surface area contributed by atoms with Crippen molar-refractivity contribution in [3.8, 4) is 5.69 Å². The Bertz CT molecular complexity index is 510. The molecule has 1 aromatic heterocycles. The van der Waals surface area contributed by atoms with Crippen molar-refractivity contribution in [3.05, 3.63) is 45.7 Å². The summed E-state index contributed by atoms with van der Waals surface area (Å²) in [5, 5.41) is 4.65. The molecule has 0 fully saturated rings. The van der Waals surface area contributed by atoms with Gasteiger partial charge in [0.15, 0.2) is 6.29 Å². The minimum atomic E-state index is 0.536. The van der Waals surface area contributed by atoms with Crippen LogP contribution in [0.2, 0.25) is 5.02 Å². The normalized spacial score (nSPS) is 10.3. The van der Waals surface area contributed by atoms with Gasteiger partial charge in [-0.3, -0.25) is 4.79 Å². The molecule has 15 heavy (non-hydrogen) atoms. The number of aromatic nitrogens is 2. The Balaban J connectivity index is 2.44. The highest BCUT2D eigenvalue weighted by molar-refractivity contribution is 9.10. The zero-order valence-corrected chi connectivity index (χ0v) is 9.86. The van der Waals surface area contributed by atoms with Crippen molar-refractivity contribution in [2.24, 2.45) is 0 Å². The Morgan fingerprint density at radius 1 is 1.47 bits per heavy atom. The lowest BCUT2D eigenvalue weighted by atomic mass is 10.3. The minimum Gasteiger partial charge on any atom is -0.298 e. The predicted octanol–water partition coefficient (Wildman–Crippen LogP) is 3.10. The Morgan fingerprint density at radius 2 is 2.27 bits per heavy atom. The van der Waals surface area contributed by atoms with Crippen LogP contribution in [0.25, 0.3) is 5.69 Å². The third kappa shape index (κ3) is 2.11. The van der Waals surface area contributed by atoms with Crippen LogP contribution < -0.4 is 0 Å². The molecule has 2 aromatic rings. The van der Waals surface area contributed by atoms with E-state index in [0.717, 1.165) is 16.4 Å². The van der Waals surface area contributed by atoms with Crippen LogP contribution in [0.1, 0.15) is 10.4 Å². The molecule has 0 amide bonds. The first kappa shape index (κ1) is 10.4. The summed E-state index contributed by atoms with van der Waals surface area (Å²) in [5.41, 5.74) is 1.35. The first-order valence-electron chi connectivity index (χ1n) is 4.16. The van der Waals surface area contributed by atoms with E-state index in [2.05, 4.69) is 21.0 Å². The fourth-order valence-electron chi connectivity index (χ4n) is 1.17. The van der Waals surface area contributed by atoms with Crippen molar-refractivity contribution in [2.75, 3.05) is 0 Å². The Morgan fingerprint density at radius 3 is 2.87 bits per heavy atom. The van der Waals surface area contributed by atoms with E-state index < -0.39 is 0 Å². The minimum absolute atomic E-state index is 0.536. The molecule has 0 radical (unpaired) electrons. The van der Waals surface area contributed by atoms with Crippen LogP contribution in [0.3, 0.4) is 0 Å². The second-order valence-corrected chi connectivity index (χ2v) is 4.20. The van der Waals surface area contributed by atoms with Crippen LogP contribution >= 0.6 is 27.5 Å². The molecule has 5 heteroatoms. The maximum absolute atomic E-state index is 10.5. The summed E-state index contributed by atoms with van der Waals surface area (Å²) < 4.78 is 2.43. The van der Waals surface area contributed by atoms with Crippen molar-refractivity contribution in [1.82, 2.24) is 9.78 Å². The number of hydrogen-bond acceptors (Lipinski definition) is 2. The van der Waals surface area contributed by atoms with Crippen molar-refractivity contribution in [2.45, 2.75) is 0 Å². The molecule has 0 saturated heterocycles. The van der Waals surface area contributed by atoms with E-state index in [1.165, 1.54) is 6.20 Å². The number of benzene rings is 1. The number of nitrogens with zero attached hydrogens (tertiary/aromatic N) is 2. The molecule has 0 saturated carbocycles. The molecule has 0 bridgehead atoms. The highest BCUT2D eigenvalue weighted by atomic mass is 79.9. The van der Waals surface area contributed by atoms with E-state index in [4.69, 9.17) is 11.6 Å². The number of rotatable bonds is 2. The molecule has 0 aliphatic rings. The molecule has 0 unspecified atom stereocenters. The largest absolute Gasteiger partial charge is 0.298 e. The highest BCUT2D eigenvalue weighted by Crippen LogP contribution is 2.24. The molecule has 76 valence electrons. The van der Waals surface area contributed by atoms with Gasteiger partial charge in [-0.2, -0.15) is 5.10 Å². The second kappa shape index (κ2) is 4.16. The van der Waals surface area contributed by atoms with Crippen molar-refractivity contribution >= 4 is 33.8 Å². The third-order valence-electron chi connectivity index (χ3n) is 1.91. The summed E-state index contributed by atoms with van der Waals surface area (Å²) in [7, 11) is 0. The molecule has 0 aliphatic heterocycles. The quantitative estimate of drug-likeness (QED) is 0.795. The molecule has 2 rings (SSSR count). The number of aldehydes is 1. The van der Waals surface area contributed by atoms with Crippen LogP contribution in [-0.2, 0) is 0 Å². The SMILES string of the molecule is O=Cc1cnn(-c2ccc(Br)c(Cl)c2)c1. The Labute approximate surface area is 99.8 Å². The fourth-order valence-corrected chi connectivity index (χ4v) is 1.59. The van der Waals surface area contributed by atoms with Gasteiger partial charge in [0.05, 0.1) is 22.5 Å². The van der Waals surface area contributed by atoms with Gasteiger partial charge in [-0.15, -0.1) is 0 Å². The van der Waals surface area contributed by atoms with Crippen LogP contribution in [0, 0.1) is 0 Å². The molecule has 0 spiro atoms. The van der Waals surface area contributed by atoms with Gasteiger partial charge in [-0.05, 0) is 34.1 Å². The number of hydrogen-bond donors (Lipinski definition) is 0. The molecule has 1 aromatic carbocycles. The average Bonchev–Trinajstić information content (AvgIpc) is 2.70. The summed E-state index contributed by atoms with van der Waals surface area (Å²) in [6, 6.07) is 5.46. The summed E-state index contributed by atoms with van der Waals surface area (Å²) in [6.45, 7) is 0. The van der Waals surface area contributed by atoms with Crippen molar-refractivity contribution in [1.29, 1.82) is 0 Å². The van der Waals surface area contributed by atoms with Crippen LogP contribution in [0.4, 0.5) is 0 Å². The van der Waals surface area contributed by atoms with Gasteiger partial charge in [-0.1, -0.05) is 11.6 Å². The molecule has 3 nitrogen and oxygen atoms in total. The Kier molecular flexibility index (Phi) is 2.88. The van der Waals surface area contributed by atoms with Crippen molar-refractivity contribution < 1.29 is 4.79 Å². The first-order valence-corrected chi connectivity index (χ1v) is 5.33. The topological polar surface area (TPSA) is 34.9 Å². The lowest BCUT2D eigenvalue weighted by Crippen LogP contribution is -1.93. The van der Waals surface area contributed by atoms with Gasteiger partial charge in [0.2, 0.25) is 0 Å². The number of carbonyl (C=O) groups excluding carboxylic acids is 1. The Hall–Kier alpha value is -1.13. The van der Waals surface area contributed by atoms with E-state index >= 15 is 0 Å². The van der Waals surface area contributed by atoms with Crippen LogP contribution in [0.5, 0.6) is 0 Å². The van der Waals surface area contributed by atoms with Gasteiger partial charge in [0.25, 0.3) is 0 Å². The molecule has 0 atom stereocenters. The molecule has 0 aliphatic carbocycles. The summed E-state index contributed by atoms with van der Waals surface area (Å²) in [4.78, 5) is 10.5. The number of carbonyl (C=O) groups is 1. The molecule has 0 N–H and O–H groups in total. The highest BCUT2D eigenvalue weighted by Gasteiger charge is 2.02. The standard InChI is InChI=1S/C10H6BrClN2O/c11-9-2-1-8(3-10(9)12)14-5-7(6-15)4-13-14/h1-6H. The zero-order chi connectivity index (χ0) is 10.8. The lowest BCUT2D eigenvalue weighted by molar-refractivity contribution is 0.112. The predicted molar refractivity (Wildman–Crippen MR) is 61.7 cm³/mol. The van der Waals surface area contributed by atoms with Crippen LogP contribution in [0.15, 0.2) is 35.1 Å². The molecule has 1 heterocycles. The first-order chi connectivity index (χ1) is 7.20. The summed E-state index contributed by atoms with van der Waals surface area (Å²) in [6.07, 6.45) is 3.90. The molecular weight excluding hydrogens is 279 g/mol. The average molecular weight is 286 g/mol. The summed E-state index contributed by atoms with van der Waals surface area (Å²) in [5.74, 6) is 0. The van der Waals surface area contributed by atoms with Gasteiger partial charge in [0.1, 0.15) is 0 Å². The van der Waals surface area contributed by atoms with E-state index in [0.29, 0.717) is 10.6 Å². The zero-order valence-electron chi connectivity index (χ0n) is 7.52. The van der Waals surface area contributed by atoms with E-state index in [1.807, 2.05) is 12.1 Å². The third-order valence-corrected chi connectivity index (χ3v) is 3.14. The fraction of sp³-hybridized carbons (Fsp3) is 0. The van der Waals surface area contributed by atoms with Gasteiger partial charge < -0.3 is 0 Å². The van der Waals surface area contributed by atoms with E-state index in [1.54, 1.807) is 16.9 Å². The maximum atomic E-state index is 10.5.